The summed E-state index contributed by atoms with van der Waals surface area (Å²) in [4.78, 5) is 0. The van der Waals surface area contributed by atoms with E-state index in [2.05, 4.69) is 13.0 Å². The van der Waals surface area contributed by atoms with Crippen LogP contribution in [0.3, 0.4) is 0 Å². The normalized spacial score (nSPS) is 12.0. The summed E-state index contributed by atoms with van der Waals surface area (Å²) >= 11 is 0. The molecule has 0 bridgehead atoms. The number of ether oxygens (including phenoxy) is 2. The standard InChI is InChI=1S/C18H23NO2/c1-14-9-10-18(17(13-14)15(2)19)21-12-6-11-20-16-7-4-3-5-8-16/h3-5,7-10,13,15H,6,11-12,19H2,1-2H3. The Morgan fingerprint density at radius 1 is 1.00 bits per heavy atom. The number of aryl methyl sites for hydroxylation is 1. The van der Waals surface area contributed by atoms with E-state index in [4.69, 9.17) is 15.2 Å². The fourth-order valence-electron chi connectivity index (χ4n) is 2.10. The molecule has 3 nitrogen and oxygen atoms in total. The first kappa shape index (κ1) is 15.4. The van der Waals surface area contributed by atoms with Gasteiger partial charge in [-0.3, -0.25) is 0 Å². The third-order valence-corrected chi connectivity index (χ3v) is 3.21. The molecule has 0 saturated carbocycles. The fraction of sp³-hybridized carbons (Fsp3) is 0.333. The molecule has 112 valence electrons. The molecule has 1 unspecified atom stereocenters. The molecule has 0 amide bonds. The van der Waals surface area contributed by atoms with Gasteiger partial charge in [-0.15, -0.1) is 0 Å². The summed E-state index contributed by atoms with van der Waals surface area (Å²) in [7, 11) is 0. The lowest BCUT2D eigenvalue weighted by molar-refractivity contribution is 0.245. The van der Waals surface area contributed by atoms with Crippen molar-refractivity contribution in [1.29, 1.82) is 0 Å². The van der Waals surface area contributed by atoms with Crippen molar-refractivity contribution < 1.29 is 9.47 Å². The Hall–Kier alpha value is -2.00. The van der Waals surface area contributed by atoms with Crippen LogP contribution in [0, 0.1) is 6.92 Å². The van der Waals surface area contributed by atoms with E-state index in [0.717, 1.165) is 23.5 Å². The van der Waals surface area contributed by atoms with Gasteiger partial charge in [0.15, 0.2) is 0 Å². The Morgan fingerprint density at radius 3 is 2.43 bits per heavy atom. The van der Waals surface area contributed by atoms with Crippen LogP contribution in [-0.2, 0) is 0 Å². The van der Waals surface area contributed by atoms with Gasteiger partial charge in [0.1, 0.15) is 11.5 Å². The van der Waals surface area contributed by atoms with Crippen LogP contribution < -0.4 is 15.2 Å². The zero-order chi connectivity index (χ0) is 15.1. The second-order valence-electron chi connectivity index (χ2n) is 5.19. The highest BCUT2D eigenvalue weighted by molar-refractivity contribution is 5.38. The van der Waals surface area contributed by atoms with Crippen LogP contribution in [0.25, 0.3) is 0 Å². The van der Waals surface area contributed by atoms with Crippen molar-refractivity contribution >= 4 is 0 Å². The second kappa shape index (κ2) is 7.70. The highest BCUT2D eigenvalue weighted by Crippen LogP contribution is 2.25. The molecule has 2 aromatic rings. The van der Waals surface area contributed by atoms with Crippen molar-refractivity contribution in [2.75, 3.05) is 13.2 Å². The minimum atomic E-state index is -0.0273. The molecule has 0 heterocycles. The zero-order valence-corrected chi connectivity index (χ0v) is 12.7. The van der Waals surface area contributed by atoms with Crippen LogP contribution in [0.15, 0.2) is 48.5 Å². The lowest BCUT2D eigenvalue weighted by Crippen LogP contribution is -2.10. The van der Waals surface area contributed by atoms with Crippen LogP contribution in [0.5, 0.6) is 11.5 Å². The van der Waals surface area contributed by atoms with Gasteiger partial charge in [0.05, 0.1) is 13.2 Å². The lowest BCUT2D eigenvalue weighted by Gasteiger charge is -2.15. The summed E-state index contributed by atoms with van der Waals surface area (Å²) in [6.45, 7) is 5.29. The van der Waals surface area contributed by atoms with Gasteiger partial charge in [-0.05, 0) is 32.0 Å². The molecule has 0 radical (unpaired) electrons. The highest BCUT2D eigenvalue weighted by Gasteiger charge is 2.08. The van der Waals surface area contributed by atoms with Gasteiger partial charge < -0.3 is 15.2 Å². The topological polar surface area (TPSA) is 44.5 Å². The third-order valence-electron chi connectivity index (χ3n) is 3.21. The molecular weight excluding hydrogens is 262 g/mol. The van der Waals surface area contributed by atoms with Crippen molar-refractivity contribution in [3.63, 3.8) is 0 Å². The molecule has 1 atom stereocenters. The maximum absolute atomic E-state index is 5.99. The predicted molar refractivity (Wildman–Crippen MR) is 85.8 cm³/mol. The number of hydrogen-bond acceptors (Lipinski definition) is 3. The van der Waals surface area contributed by atoms with E-state index in [1.165, 1.54) is 5.56 Å². The number of para-hydroxylation sites is 1. The summed E-state index contributed by atoms with van der Waals surface area (Å²) in [5, 5.41) is 0. The molecule has 0 saturated heterocycles. The highest BCUT2D eigenvalue weighted by atomic mass is 16.5. The first-order chi connectivity index (χ1) is 10.2. The first-order valence-electron chi connectivity index (χ1n) is 7.33. The number of hydrogen-bond donors (Lipinski definition) is 1. The van der Waals surface area contributed by atoms with Gasteiger partial charge >= 0.3 is 0 Å². The molecule has 0 aliphatic carbocycles. The molecule has 0 spiro atoms. The predicted octanol–water partition coefficient (Wildman–Crippen LogP) is 3.86. The Bertz CT molecular complexity index is 552. The maximum atomic E-state index is 5.99. The number of nitrogens with two attached hydrogens (primary N) is 1. The van der Waals surface area contributed by atoms with Crippen LogP contribution in [0.1, 0.15) is 30.5 Å². The van der Waals surface area contributed by atoms with Crippen molar-refractivity contribution in [1.82, 2.24) is 0 Å². The largest absolute Gasteiger partial charge is 0.493 e. The maximum Gasteiger partial charge on any atom is 0.124 e. The smallest absolute Gasteiger partial charge is 0.124 e. The molecule has 0 aliphatic heterocycles. The number of rotatable bonds is 7. The van der Waals surface area contributed by atoms with E-state index in [-0.39, 0.29) is 6.04 Å². The summed E-state index contributed by atoms with van der Waals surface area (Å²) in [5.41, 5.74) is 8.24. The summed E-state index contributed by atoms with van der Waals surface area (Å²) in [5.74, 6) is 1.76. The molecular formula is C18H23NO2. The van der Waals surface area contributed by atoms with Crippen LogP contribution in [-0.4, -0.2) is 13.2 Å². The van der Waals surface area contributed by atoms with Gasteiger partial charge in [-0.1, -0.05) is 35.9 Å². The number of benzene rings is 2. The second-order valence-corrected chi connectivity index (χ2v) is 5.19. The molecule has 3 heteroatoms. The summed E-state index contributed by atoms with van der Waals surface area (Å²) in [6.07, 6.45) is 0.834. The molecule has 2 aromatic carbocycles. The minimum absolute atomic E-state index is 0.0273. The van der Waals surface area contributed by atoms with Crippen molar-refractivity contribution in [2.24, 2.45) is 5.73 Å². The average molecular weight is 285 g/mol. The monoisotopic (exact) mass is 285 g/mol. The summed E-state index contributed by atoms with van der Waals surface area (Å²) < 4.78 is 11.5. The Labute approximate surface area is 126 Å². The molecule has 21 heavy (non-hydrogen) atoms. The lowest BCUT2D eigenvalue weighted by atomic mass is 10.1. The van der Waals surface area contributed by atoms with Crippen molar-refractivity contribution in [3.8, 4) is 11.5 Å². The van der Waals surface area contributed by atoms with E-state index in [1.54, 1.807) is 0 Å². The quantitative estimate of drug-likeness (QED) is 0.786. The van der Waals surface area contributed by atoms with Gasteiger partial charge in [-0.25, -0.2) is 0 Å². The zero-order valence-electron chi connectivity index (χ0n) is 12.7. The average Bonchev–Trinajstić information content (AvgIpc) is 2.49. The molecule has 2 N–H and O–H groups in total. The van der Waals surface area contributed by atoms with Crippen LogP contribution in [0.2, 0.25) is 0 Å². The summed E-state index contributed by atoms with van der Waals surface area (Å²) in [6, 6.07) is 15.9. The van der Waals surface area contributed by atoms with Crippen molar-refractivity contribution in [3.05, 3.63) is 59.7 Å². The van der Waals surface area contributed by atoms with E-state index < -0.39 is 0 Å². The Kier molecular flexibility index (Phi) is 5.64. The third kappa shape index (κ3) is 4.80. The van der Waals surface area contributed by atoms with Gasteiger partial charge in [-0.2, -0.15) is 0 Å². The Morgan fingerprint density at radius 2 is 1.71 bits per heavy atom. The van der Waals surface area contributed by atoms with Gasteiger partial charge in [0.25, 0.3) is 0 Å². The fourth-order valence-corrected chi connectivity index (χ4v) is 2.10. The van der Waals surface area contributed by atoms with Gasteiger partial charge in [0.2, 0.25) is 0 Å². The van der Waals surface area contributed by atoms with E-state index in [1.807, 2.05) is 49.4 Å². The molecule has 2 rings (SSSR count). The van der Waals surface area contributed by atoms with Crippen LogP contribution >= 0.6 is 0 Å². The molecule has 0 fully saturated rings. The molecule has 0 aromatic heterocycles. The first-order valence-corrected chi connectivity index (χ1v) is 7.33. The van der Waals surface area contributed by atoms with Crippen molar-refractivity contribution in [2.45, 2.75) is 26.3 Å². The Balaban J connectivity index is 1.78. The molecule has 0 aliphatic rings. The van der Waals surface area contributed by atoms with Crippen LogP contribution in [0.4, 0.5) is 0 Å². The van der Waals surface area contributed by atoms with E-state index >= 15 is 0 Å². The minimum Gasteiger partial charge on any atom is -0.493 e. The van der Waals surface area contributed by atoms with Gasteiger partial charge in [0, 0.05) is 18.0 Å². The van der Waals surface area contributed by atoms with E-state index in [9.17, 15) is 0 Å². The SMILES string of the molecule is Cc1ccc(OCCCOc2ccccc2)c(C(C)N)c1. The van der Waals surface area contributed by atoms with E-state index in [0.29, 0.717) is 13.2 Å².